The number of hydrogen-bond donors (Lipinski definition) is 3. The van der Waals surface area contributed by atoms with Crippen molar-refractivity contribution in [1.29, 1.82) is 0 Å². The summed E-state index contributed by atoms with van der Waals surface area (Å²) in [6.07, 6.45) is -0.0199. The lowest BCUT2D eigenvalue weighted by Gasteiger charge is -2.15. The molecule has 2 aromatic rings. The van der Waals surface area contributed by atoms with Gasteiger partial charge in [-0.25, -0.2) is 0 Å². The Kier molecular flexibility index (Phi) is 9.58. The van der Waals surface area contributed by atoms with Gasteiger partial charge in [-0.1, -0.05) is 0 Å². The number of carbonyl (C=O) groups is 1. The molecule has 0 aliphatic heterocycles. The molecule has 0 spiro atoms. The molecule has 0 saturated carbocycles. The van der Waals surface area contributed by atoms with Crippen LogP contribution in [0.15, 0.2) is 29.3 Å². The lowest BCUT2D eigenvalue weighted by atomic mass is 10.1. The Morgan fingerprint density at radius 2 is 1.50 bits per heavy atom. The summed E-state index contributed by atoms with van der Waals surface area (Å²) in [5.41, 5.74) is 11.3. The summed E-state index contributed by atoms with van der Waals surface area (Å²) >= 11 is 8.69. The molecule has 0 aliphatic rings. The van der Waals surface area contributed by atoms with Crippen LogP contribution in [0.3, 0.4) is 0 Å². The predicted octanol–water partition coefficient (Wildman–Crippen LogP) is 4.18. The zero-order valence-corrected chi connectivity index (χ0v) is 22.8. The second-order valence-corrected chi connectivity index (χ2v) is 10.1. The van der Waals surface area contributed by atoms with Crippen LogP contribution in [0.4, 0.5) is 0 Å². The van der Waals surface area contributed by atoms with Crippen molar-refractivity contribution in [2.24, 2.45) is 16.5 Å². The summed E-state index contributed by atoms with van der Waals surface area (Å²) < 4.78 is 15.4. The van der Waals surface area contributed by atoms with Gasteiger partial charge in [0.25, 0.3) is 0 Å². The molecule has 0 fully saturated rings. The molecule has 0 unspecified atom stereocenters. The molecule has 2 rings (SSSR count). The number of aliphatic imine (C=N–C) groups is 1. The van der Waals surface area contributed by atoms with Crippen LogP contribution in [0.1, 0.15) is 5.56 Å². The van der Waals surface area contributed by atoms with Gasteiger partial charge in [-0.05, 0) is 120 Å². The van der Waals surface area contributed by atoms with Gasteiger partial charge < -0.3 is 26.0 Å². The Bertz CT molecular complexity index is 871. The fourth-order valence-corrected chi connectivity index (χ4v) is 6.30. The van der Waals surface area contributed by atoms with E-state index in [1.165, 1.54) is 0 Å². The largest absolute Gasteiger partial charge is 0.489 e. The van der Waals surface area contributed by atoms with E-state index in [1.807, 2.05) is 24.3 Å². The van der Waals surface area contributed by atoms with Crippen molar-refractivity contribution in [3.63, 3.8) is 0 Å². The maximum absolute atomic E-state index is 10.9. The van der Waals surface area contributed by atoms with Crippen molar-refractivity contribution in [1.82, 2.24) is 0 Å². The highest BCUT2D eigenvalue weighted by atomic mass is 127. The van der Waals surface area contributed by atoms with Crippen LogP contribution in [0.25, 0.3) is 0 Å². The van der Waals surface area contributed by atoms with E-state index in [4.69, 9.17) is 26.0 Å². The summed E-state index contributed by atoms with van der Waals surface area (Å²) in [6.45, 7) is 0.747. The van der Waals surface area contributed by atoms with Crippen molar-refractivity contribution < 1.29 is 19.4 Å². The summed E-state index contributed by atoms with van der Waals surface area (Å²) in [5, 5.41) is 8.98. The molecule has 2 aromatic carbocycles. The van der Waals surface area contributed by atoms with Crippen molar-refractivity contribution in [3.05, 3.63) is 44.1 Å². The molecule has 7 nitrogen and oxygen atoms in total. The molecule has 0 aromatic heterocycles. The smallest absolute Gasteiger partial charge is 0.307 e. The number of ether oxygens (including phenoxy) is 2. The summed E-state index contributed by atoms with van der Waals surface area (Å²) in [6, 6.07) is 7.42. The number of benzene rings is 2. The van der Waals surface area contributed by atoms with Gasteiger partial charge in [0.1, 0.15) is 18.1 Å². The van der Waals surface area contributed by atoms with E-state index in [0.717, 1.165) is 25.6 Å². The van der Waals surface area contributed by atoms with Crippen LogP contribution in [0.5, 0.6) is 17.2 Å². The molecule has 150 valence electrons. The molecule has 0 radical (unpaired) electrons. The highest BCUT2D eigenvalue weighted by molar-refractivity contribution is 14.1. The van der Waals surface area contributed by atoms with Gasteiger partial charge in [0, 0.05) is 0 Å². The normalized spacial score (nSPS) is 10.4. The monoisotopic (exact) mass is 833 g/mol. The third-order valence-corrected chi connectivity index (χ3v) is 6.44. The zero-order valence-electron chi connectivity index (χ0n) is 14.2. The van der Waals surface area contributed by atoms with Crippen LogP contribution in [0, 0.1) is 14.3 Å². The van der Waals surface area contributed by atoms with E-state index in [1.54, 1.807) is 0 Å². The highest BCUT2D eigenvalue weighted by Gasteiger charge is 2.15. The predicted molar refractivity (Wildman–Crippen MR) is 141 cm³/mol. The molecule has 11 heteroatoms. The molecule has 0 heterocycles. The van der Waals surface area contributed by atoms with Crippen molar-refractivity contribution in [3.8, 4) is 17.2 Å². The first-order chi connectivity index (χ1) is 13.2. The molecule has 28 heavy (non-hydrogen) atoms. The van der Waals surface area contributed by atoms with Gasteiger partial charge in [-0.2, -0.15) is 0 Å². The van der Waals surface area contributed by atoms with Crippen LogP contribution >= 0.6 is 90.4 Å². The van der Waals surface area contributed by atoms with E-state index in [2.05, 4.69) is 95.4 Å². The Labute approximate surface area is 216 Å². The quantitative estimate of drug-likeness (QED) is 0.159. The van der Waals surface area contributed by atoms with E-state index < -0.39 is 5.97 Å². The topological polar surface area (TPSA) is 120 Å². The maximum Gasteiger partial charge on any atom is 0.307 e. The summed E-state index contributed by atoms with van der Waals surface area (Å²) in [7, 11) is 0. The third-order valence-electron chi connectivity index (χ3n) is 3.24. The summed E-state index contributed by atoms with van der Waals surface area (Å²) in [5.74, 6) is 1.30. The molecule has 5 N–H and O–H groups in total. The van der Waals surface area contributed by atoms with Crippen LogP contribution < -0.4 is 20.9 Å². The standard InChI is InChI=1S/C17H15I4N3O4/c18-10-3-8(5-14(25)26)4-11(19)16(10)28-9-6-12(20)15(13(21)7-9)27-2-1-24-17(22)23/h3-4,6-7H,1-2,5H2,(H,25,26)(H4,22,23,24). The SMILES string of the molecule is NC(N)=NCCOc1c(I)cc(Oc2c(I)cc(CC(=O)O)cc2I)cc1I. The molecule has 0 saturated heterocycles. The third kappa shape index (κ3) is 7.19. The fraction of sp³-hybridized carbons (Fsp3) is 0.176. The van der Waals surface area contributed by atoms with Gasteiger partial charge in [0.2, 0.25) is 0 Å². The average Bonchev–Trinajstić information content (AvgIpc) is 2.56. The second-order valence-electron chi connectivity index (χ2n) is 5.43. The Balaban J connectivity index is 2.19. The molecular formula is C17H15I4N3O4. The first kappa shape index (κ1) is 24.0. The minimum absolute atomic E-state index is 0.0199. The Morgan fingerprint density at radius 3 is 2.00 bits per heavy atom. The Morgan fingerprint density at radius 1 is 0.964 bits per heavy atom. The number of guanidine groups is 1. The lowest BCUT2D eigenvalue weighted by Crippen LogP contribution is -2.23. The van der Waals surface area contributed by atoms with E-state index in [0.29, 0.717) is 24.7 Å². The maximum atomic E-state index is 10.9. The van der Waals surface area contributed by atoms with E-state index in [9.17, 15) is 4.79 Å². The first-order valence-corrected chi connectivity index (χ1v) is 12.0. The van der Waals surface area contributed by atoms with Gasteiger partial charge in [-0.15, -0.1) is 0 Å². The average molecular weight is 833 g/mol. The van der Waals surface area contributed by atoms with Gasteiger partial charge >= 0.3 is 5.97 Å². The number of aliphatic carboxylic acids is 1. The molecular weight excluding hydrogens is 818 g/mol. The van der Waals surface area contributed by atoms with Gasteiger partial charge in [0.15, 0.2) is 11.7 Å². The number of rotatable bonds is 8. The van der Waals surface area contributed by atoms with E-state index >= 15 is 0 Å². The van der Waals surface area contributed by atoms with Crippen LogP contribution in [0.2, 0.25) is 0 Å². The van der Waals surface area contributed by atoms with Gasteiger partial charge in [0.05, 0.1) is 27.2 Å². The molecule has 0 amide bonds. The van der Waals surface area contributed by atoms with Crippen molar-refractivity contribution >= 4 is 102 Å². The first-order valence-electron chi connectivity index (χ1n) is 7.72. The van der Waals surface area contributed by atoms with Gasteiger partial charge in [-0.3, -0.25) is 9.79 Å². The second kappa shape index (κ2) is 11.2. The molecule has 0 aliphatic carbocycles. The number of nitrogens with two attached hydrogens (primary N) is 2. The van der Waals surface area contributed by atoms with Crippen molar-refractivity contribution in [2.45, 2.75) is 6.42 Å². The molecule has 0 bridgehead atoms. The minimum Gasteiger partial charge on any atom is -0.489 e. The number of carboxylic acids is 1. The number of halogens is 4. The number of nitrogens with zero attached hydrogens (tertiary/aromatic N) is 1. The van der Waals surface area contributed by atoms with Crippen molar-refractivity contribution in [2.75, 3.05) is 13.2 Å². The van der Waals surface area contributed by atoms with Crippen LogP contribution in [-0.4, -0.2) is 30.2 Å². The number of carboxylic acid groups (broad SMARTS) is 1. The zero-order chi connectivity index (χ0) is 20.8. The molecule has 0 atom stereocenters. The Hall–Kier alpha value is -0.300. The fourth-order valence-electron chi connectivity index (χ4n) is 2.16. The number of hydrogen-bond acceptors (Lipinski definition) is 4. The summed E-state index contributed by atoms with van der Waals surface area (Å²) in [4.78, 5) is 14.8. The highest BCUT2D eigenvalue weighted by Crippen LogP contribution is 2.37. The van der Waals surface area contributed by atoms with Crippen LogP contribution in [-0.2, 0) is 11.2 Å². The van der Waals surface area contributed by atoms with E-state index in [-0.39, 0.29) is 12.4 Å². The lowest BCUT2D eigenvalue weighted by molar-refractivity contribution is -0.136. The minimum atomic E-state index is -0.861.